The van der Waals surface area contributed by atoms with E-state index < -0.39 is 0 Å². The summed E-state index contributed by atoms with van der Waals surface area (Å²) >= 11 is 0. The average Bonchev–Trinajstić information content (AvgIpc) is 2.29. The van der Waals surface area contributed by atoms with E-state index >= 15 is 0 Å². The van der Waals surface area contributed by atoms with Crippen molar-refractivity contribution < 1.29 is 22.9 Å². The van der Waals surface area contributed by atoms with Crippen LogP contribution in [0.1, 0.15) is 38.7 Å². The minimum absolute atomic E-state index is 0. The van der Waals surface area contributed by atoms with E-state index in [1.165, 1.54) is 5.56 Å². The highest BCUT2D eigenvalue weighted by molar-refractivity contribution is 5.26. The highest BCUT2D eigenvalue weighted by Crippen LogP contribution is 2.43. The second kappa shape index (κ2) is 6.05. The van der Waals surface area contributed by atoms with E-state index in [1.54, 1.807) is 0 Å². The molecule has 3 heteroatoms. The summed E-state index contributed by atoms with van der Waals surface area (Å²) < 4.78 is 5.87. The summed E-state index contributed by atoms with van der Waals surface area (Å²) in [4.78, 5) is 0. The maximum Gasteiger partial charge on any atom is 0.0748 e. The SMILES string of the molecule is CC1(C)CC(CC[NH3+])(c2ccccc2)CCO1.[Cl-]. The second-order valence-electron chi connectivity index (χ2n) is 5.78. The monoisotopic (exact) mass is 269 g/mol. The quantitative estimate of drug-likeness (QED) is 0.763. The van der Waals surface area contributed by atoms with Crippen LogP contribution >= 0.6 is 0 Å². The molecule has 18 heavy (non-hydrogen) atoms. The summed E-state index contributed by atoms with van der Waals surface area (Å²) in [6.07, 6.45) is 3.37. The van der Waals surface area contributed by atoms with Crippen LogP contribution in [0.15, 0.2) is 30.3 Å². The molecule has 0 aromatic heterocycles. The van der Waals surface area contributed by atoms with Gasteiger partial charge in [0.1, 0.15) is 0 Å². The van der Waals surface area contributed by atoms with Gasteiger partial charge in [-0.3, -0.25) is 0 Å². The van der Waals surface area contributed by atoms with Crippen molar-refractivity contribution in [3.8, 4) is 0 Å². The lowest BCUT2D eigenvalue weighted by Crippen LogP contribution is -3.00. The van der Waals surface area contributed by atoms with Crippen LogP contribution in [-0.2, 0) is 10.2 Å². The fraction of sp³-hybridized carbons (Fsp3) is 0.600. The summed E-state index contributed by atoms with van der Waals surface area (Å²) in [5.41, 5.74) is 5.77. The summed E-state index contributed by atoms with van der Waals surface area (Å²) in [6.45, 7) is 6.26. The summed E-state index contributed by atoms with van der Waals surface area (Å²) in [7, 11) is 0. The van der Waals surface area contributed by atoms with Crippen molar-refractivity contribution in [1.29, 1.82) is 0 Å². The lowest BCUT2D eigenvalue weighted by Gasteiger charge is -2.45. The third-order valence-corrected chi connectivity index (χ3v) is 3.88. The lowest BCUT2D eigenvalue weighted by atomic mass is 9.67. The molecule has 2 nitrogen and oxygen atoms in total. The zero-order chi connectivity index (χ0) is 12.4. The molecule has 0 bridgehead atoms. The second-order valence-corrected chi connectivity index (χ2v) is 5.78. The van der Waals surface area contributed by atoms with Crippen LogP contribution in [0.5, 0.6) is 0 Å². The van der Waals surface area contributed by atoms with Crippen LogP contribution < -0.4 is 18.1 Å². The van der Waals surface area contributed by atoms with Gasteiger partial charge in [-0.1, -0.05) is 30.3 Å². The van der Waals surface area contributed by atoms with Crippen molar-refractivity contribution in [3.63, 3.8) is 0 Å². The third kappa shape index (κ3) is 3.25. The zero-order valence-corrected chi connectivity index (χ0v) is 12.2. The molecule has 0 saturated carbocycles. The predicted octanol–water partition coefficient (Wildman–Crippen LogP) is -0.851. The van der Waals surface area contributed by atoms with Crippen molar-refractivity contribution in [2.75, 3.05) is 13.2 Å². The Labute approximate surface area is 116 Å². The molecule has 0 amide bonds. The van der Waals surface area contributed by atoms with Gasteiger partial charge in [0.2, 0.25) is 0 Å². The Bertz CT molecular complexity index is 362. The van der Waals surface area contributed by atoms with Gasteiger partial charge in [0.25, 0.3) is 0 Å². The van der Waals surface area contributed by atoms with Gasteiger partial charge in [0.15, 0.2) is 0 Å². The van der Waals surface area contributed by atoms with Crippen molar-refractivity contribution in [3.05, 3.63) is 35.9 Å². The molecule has 1 aromatic carbocycles. The molecule has 1 saturated heterocycles. The highest BCUT2D eigenvalue weighted by Gasteiger charge is 2.41. The number of hydrogen-bond acceptors (Lipinski definition) is 1. The van der Waals surface area contributed by atoms with Crippen molar-refractivity contribution in [2.24, 2.45) is 0 Å². The molecule has 1 aromatic rings. The molecule has 0 aliphatic carbocycles. The molecule has 2 rings (SSSR count). The highest BCUT2D eigenvalue weighted by atomic mass is 35.5. The van der Waals surface area contributed by atoms with Crippen LogP contribution in [0.2, 0.25) is 0 Å². The van der Waals surface area contributed by atoms with Crippen LogP contribution in [0, 0.1) is 0 Å². The fourth-order valence-corrected chi connectivity index (χ4v) is 3.21. The number of rotatable bonds is 3. The van der Waals surface area contributed by atoms with E-state index in [9.17, 15) is 0 Å². The number of ether oxygens (including phenoxy) is 1. The molecule has 102 valence electrons. The number of quaternary nitrogens is 1. The Kier molecular flexibility index (Phi) is 5.20. The van der Waals surface area contributed by atoms with Crippen molar-refractivity contribution in [1.82, 2.24) is 0 Å². The Hall–Kier alpha value is -0.570. The number of benzene rings is 1. The lowest BCUT2D eigenvalue weighted by molar-refractivity contribution is -0.372. The molecule has 1 atom stereocenters. The first-order valence-electron chi connectivity index (χ1n) is 6.57. The van der Waals surface area contributed by atoms with E-state index in [0.717, 1.165) is 32.4 Å². The van der Waals surface area contributed by atoms with Crippen LogP contribution in [0.25, 0.3) is 0 Å². The smallest absolute Gasteiger partial charge is 0.0748 e. The number of halogens is 1. The molecule has 1 aliphatic rings. The fourth-order valence-electron chi connectivity index (χ4n) is 3.21. The molecule has 1 unspecified atom stereocenters. The number of hydrogen-bond donors (Lipinski definition) is 1. The van der Waals surface area contributed by atoms with Gasteiger partial charge in [-0.05, 0) is 32.3 Å². The molecule has 0 spiro atoms. The Morgan fingerprint density at radius 2 is 1.89 bits per heavy atom. The molecule has 1 aliphatic heterocycles. The largest absolute Gasteiger partial charge is 1.00 e. The van der Waals surface area contributed by atoms with Crippen molar-refractivity contribution in [2.45, 2.75) is 44.1 Å². The van der Waals surface area contributed by atoms with E-state index in [1.807, 2.05) is 0 Å². The molecule has 3 N–H and O–H groups in total. The molecule has 0 radical (unpaired) electrons. The van der Waals surface area contributed by atoms with E-state index in [2.05, 4.69) is 49.9 Å². The maximum absolute atomic E-state index is 5.87. The Morgan fingerprint density at radius 1 is 1.22 bits per heavy atom. The summed E-state index contributed by atoms with van der Waals surface area (Å²) in [6, 6.07) is 10.9. The molecule has 1 fully saturated rings. The first-order chi connectivity index (χ1) is 8.08. The van der Waals surface area contributed by atoms with Gasteiger partial charge in [-0.15, -0.1) is 0 Å². The normalized spacial score (nSPS) is 26.4. The topological polar surface area (TPSA) is 36.9 Å². The zero-order valence-electron chi connectivity index (χ0n) is 11.4. The van der Waals surface area contributed by atoms with Gasteiger partial charge in [-0.25, -0.2) is 0 Å². The van der Waals surface area contributed by atoms with Crippen LogP contribution in [-0.4, -0.2) is 18.8 Å². The first-order valence-corrected chi connectivity index (χ1v) is 6.57. The standard InChI is InChI=1S/C15H23NO.ClH/c1-14(2)12-15(8-10-16,9-11-17-14)13-6-4-3-5-7-13;/h3-7H,8-12,16H2,1-2H3;1H. The summed E-state index contributed by atoms with van der Waals surface area (Å²) in [5.74, 6) is 0. The molecular formula is C15H24ClNO. The van der Waals surface area contributed by atoms with Gasteiger partial charge < -0.3 is 22.9 Å². The minimum atomic E-state index is -0.0107. The Balaban J connectivity index is 0.00000162. The van der Waals surface area contributed by atoms with E-state index in [4.69, 9.17) is 4.74 Å². The predicted molar refractivity (Wildman–Crippen MR) is 69.8 cm³/mol. The molecule has 1 heterocycles. The minimum Gasteiger partial charge on any atom is -1.00 e. The van der Waals surface area contributed by atoms with Gasteiger partial charge in [-0.2, -0.15) is 0 Å². The molecular weight excluding hydrogens is 246 g/mol. The van der Waals surface area contributed by atoms with Crippen molar-refractivity contribution >= 4 is 0 Å². The van der Waals surface area contributed by atoms with Gasteiger partial charge in [0, 0.05) is 18.4 Å². The first kappa shape index (κ1) is 15.5. The van der Waals surface area contributed by atoms with Crippen LogP contribution in [0.3, 0.4) is 0 Å². The van der Waals surface area contributed by atoms with E-state index in [0.29, 0.717) is 0 Å². The van der Waals surface area contributed by atoms with Crippen LogP contribution in [0.4, 0.5) is 0 Å². The average molecular weight is 270 g/mol. The van der Waals surface area contributed by atoms with Gasteiger partial charge in [0.05, 0.1) is 12.1 Å². The third-order valence-electron chi connectivity index (χ3n) is 3.88. The van der Waals surface area contributed by atoms with Gasteiger partial charge >= 0.3 is 0 Å². The summed E-state index contributed by atoms with van der Waals surface area (Å²) in [5, 5.41) is 0. The van der Waals surface area contributed by atoms with E-state index in [-0.39, 0.29) is 23.4 Å². The maximum atomic E-state index is 5.87. The Morgan fingerprint density at radius 3 is 2.44 bits per heavy atom.